The van der Waals surface area contributed by atoms with E-state index in [9.17, 15) is 14.4 Å². The highest BCUT2D eigenvalue weighted by Gasteiger charge is 2.27. The fraction of sp³-hybridized carbons (Fsp3) is 0.438. The first-order chi connectivity index (χ1) is 11.5. The van der Waals surface area contributed by atoms with Crippen molar-refractivity contribution >= 4 is 23.4 Å². The molecule has 0 aromatic heterocycles. The van der Waals surface area contributed by atoms with Crippen LogP contribution < -0.4 is 14.8 Å². The summed E-state index contributed by atoms with van der Waals surface area (Å²) in [5.41, 5.74) is 0.438. The summed E-state index contributed by atoms with van der Waals surface area (Å²) in [5, 5.41) is 2.55. The van der Waals surface area contributed by atoms with Gasteiger partial charge in [0.25, 0.3) is 0 Å². The monoisotopic (exact) mass is 335 g/mol. The summed E-state index contributed by atoms with van der Waals surface area (Å²) in [7, 11) is 3.00. The number of carbonyl (C=O) groups is 3. The predicted octanol–water partition coefficient (Wildman–Crippen LogP) is 0.333. The standard InChI is InChI=1S/C16H21N3O5/c1-11(20)18-6-8-19(9-7-18)16(22)15(21)17-12-4-5-13(23-2)14(10-12)24-3/h4-5,10H,6-9H2,1-3H3,(H,17,21). The lowest BCUT2D eigenvalue weighted by Gasteiger charge is -2.33. The minimum absolute atomic E-state index is 0.0307. The van der Waals surface area contributed by atoms with E-state index in [1.807, 2.05) is 0 Å². The second-order valence-corrected chi connectivity index (χ2v) is 5.32. The molecule has 2 rings (SSSR count). The molecule has 0 aliphatic carbocycles. The summed E-state index contributed by atoms with van der Waals surface area (Å²) < 4.78 is 10.3. The molecule has 0 unspecified atom stereocenters. The molecule has 0 bridgehead atoms. The van der Waals surface area contributed by atoms with Crippen LogP contribution in [0.2, 0.25) is 0 Å². The van der Waals surface area contributed by atoms with Crippen molar-refractivity contribution in [3.8, 4) is 11.5 Å². The average molecular weight is 335 g/mol. The summed E-state index contributed by atoms with van der Waals surface area (Å²) in [6, 6.07) is 4.85. The summed E-state index contributed by atoms with van der Waals surface area (Å²) in [6.07, 6.45) is 0. The predicted molar refractivity (Wildman–Crippen MR) is 87.0 cm³/mol. The van der Waals surface area contributed by atoms with Crippen molar-refractivity contribution in [3.63, 3.8) is 0 Å². The van der Waals surface area contributed by atoms with E-state index in [1.54, 1.807) is 23.1 Å². The number of nitrogens with one attached hydrogen (secondary N) is 1. The van der Waals surface area contributed by atoms with E-state index < -0.39 is 11.8 Å². The van der Waals surface area contributed by atoms with E-state index in [-0.39, 0.29) is 5.91 Å². The number of hydrogen-bond donors (Lipinski definition) is 1. The van der Waals surface area contributed by atoms with Crippen LogP contribution in [-0.4, -0.2) is 67.9 Å². The zero-order valence-corrected chi connectivity index (χ0v) is 14.0. The Hall–Kier alpha value is -2.77. The Morgan fingerprint density at radius 3 is 2.08 bits per heavy atom. The molecule has 0 saturated carbocycles. The maximum absolute atomic E-state index is 12.2. The fourth-order valence-electron chi connectivity index (χ4n) is 2.47. The third kappa shape index (κ3) is 3.95. The van der Waals surface area contributed by atoms with Crippen LogP contribution in [0.4, 0.5) is 5.69 Å². The van der Waals surface area contributed by atoms with Gasteiger partial charge in [-0.05, 0) is 12.1 Å². The van der Waals surface area contributed by atoms with Crippen LogP contribution in [0, 0.1) is 0 Å². The van der Waals surface area contributed by atoms with E-state index in [4.69, 9.17) is 9.47 Å². The van der Waals surface area contributed by atoms with Crippen LogP contribution in [0.1, 0.15) is 6.92 Å². The number of hydrogen-bond acceptors (Lipinski definition) is 5. The maximum atomic E-state index is 12.2. The number of benzene rings is 1. The molecule has 0 radical (unpaired) electrons. The molecule has 1 aliphatic rings. The van der Waals surface area contributed by atoms with Crippen molar-refractivity contribution in [2.24, 2.45) is 0 Å². The van der Waals surface area contributed by atoms with Gasteiger partial charge in [-0.15, -0.1) is 0 Å². The van der Waals surface area contributed by atoms with Crippen LogP contribution in [-0.2, 0) is 14.4 Å². The van der Waals surface area contributed by atoms with Gasteiger partial charge < -0.3 is 24.6 Å². The van der Waals surface area contributed by atoms with Gasteiger partial charge in [0.05, 0.1) is 14.2 Å². The number of methoxy groups -OCH3 is 2. The molecular weight excluding hydrogens is 314 g/mol. The van der Waals surface area contributed by atoms with Crippen molar-refractivity contribution in [3.05, 3.63) is 18.2 Å². The van der Waals surface area contributed by atoms with Gasteiger partial charge in [0, 0.05) is 44.9 Å². The summed E-state index contributed by atoms with van der Waals surface area (Å²) >= 11 is 0. The number of rotatable bonds is 3. The number of anilines is 1. The highest BCUT2D eigenvalue weighted by Crippen LogP contribution is 2.29. The third-order valence-corrected chi connectivity index (χ3v) is 3.85. The van der Waals surface area contributed by atoms with Crippen molar-refractivity contribution in [1.82, 2.24) is 9.80 Å². The van der Waals surface area contributed by atoms with Gasteiger partial charge in [0.1, 0.15) is 0 Å². The molecule has 0 atom stereocenters. The number of carbonyl (C=O) groups excluding carboxylic acids is 3. The average Bonchev–Trinajstić information content (AvgIpc) is 2.60. The first-order valence-electron chi connectivity index (χ1n) is 7.54. The third-order valence-electron chi connectivity index (χ3n) is 3.85. The molecule has 1 saturated heterocycles. The molecule has 1 aliphatic heterocycles. The second-order valence-electron chi connectivity index (χ2n) is 5.32. The van der Waals surface area contributed by atoms with Crippen molar-refractivity contribution in [1.29, 1.82) is 0 Å². The van der Waals surface area contributed by atoms with Gasteiger partial charge in [-0.25, -0.2) is 0 Å². The van der Waals surface area contributed by atoms with Crippen LogP contribution in [0.5, 0.6) is 11.5 Å². The first-order valence-corrected chi connectivity index (χ1v) is 7.54. The zero-order chi connectivity index (χ0) is 17.7. The fourth-order valence-corrected chi connectivity index (χ4v) is 2.47. The molecule has 8 heteroatoms. The van der Waals surface area contributed by atoms with Crippen molar-refractivity contribution in [2.45, 2.75) is 6.92 Å². The maximum Gasteiger partial charge on any atom is 0.313 e. The highest BCUT2D eigenvalue weighted by atomic mass is 16.5. The Morgan fingerprint density at radius 2 is 1.54 bits per heavy atom. The lowest BCUT2D eigenvalue weighted by Crippen LogP contribution is -2.52. The second kappa shape index (κ2) is 7.67. The normalized spacial score (nSPS) is 14.1. The van der Waals surface area contributed by atoms with Gasteiger partial charge in [-0.3, -0.25) is 14.4 Å². The highest BCUT2D eigenvalue weighted by molar-refractivity contribution is 6.39. The van der Waals surface area contributed by atoms with Crippen LogP contribution >= 0.6 is 0 Å². The van der Waals surface area contributed by atoms with Gasteiger partial charge in [0.2, 0.25) is 5.91 Å². The lowest BCUT2D eigenvalue weighted by molar-refractivity contribution is -0.145. The SMILES string of the molecule is COc1ccc(NC(=O)C(=O)N2CCN(C(C)=O)CC2)cc1OC. The van der Waals surface area contributed by atoms with Gasteiger partial charge in [0.15, 0.2) is 11.5 Å². The molecule has 1 fully saturated rings. The molecule has 0 spiro atoms. The molecule has 24 heavy (non-hydrogen) atoms. The molecule has 130 valence electrons. The molecule has 1 aromatic rings. The minimum Gasteiger partial charge on any atom is -0.493 e. The number of amides is 3. The molecule has 3 amide bonds. The summed E-state index contributed by atoms with van der Waals surface area (Å²) in [4.78, 5) is 38.7. The summed E-state index contributed by atoms with van der Waals surface area (Å²) in [5.74, 6) is -0.386. The van der Waals surface area contributed by atoms with Gasteiger partial charge in [-0.1, -0.05) is 0 Å². The van der Waals surface area contributed by atoms with Crippen LogP contribution in [0.3, 0.4) is 0 Å². The Labute approximate surface area is 140 Å². The Morgan fingerprint density at radius 1 is 0.958 bits per heavy atom. The number of nitrogens with zero attached hydrogens (tertiary/aromatic N) is 2. The van der Waals surface area contributed by atoms with Crippen molar-refractivity contribution in [2.75, 3.05) is 45.7 Å². The lowest BCUT2D eigenvalue weighted by atomic mass is 10.2. The molecule has 1 aromatic carbocycles. The van der Waals surface area contributed by atoms with Crippen LogP contribution in [0.15, 0.2) is 18.2 Å². The Kier molecular flexibility index (Phi) is 5.62. The van der Waals surface area contributed by atoms with E-state index >= 15 is 0 Å². The zero-order valence-electron chi connectivity index (χ0n) is 14.0. The smallest absolute Gasteiger partial charge is 0.313 e. The number of ether oxygens (including phenoxy) is 2. The first kappa shape index (κ1) is 17.6. The largest absolute Gasteiger partial charge is 0.493 e. The van der Waals surface area contributed by atoms with E-state index in [2.05, 4.69) is 5.32 Å². The minimum atomic E-state index is -0.724. The molecule has 1 heterocycles. The quantitative estimate of drug-likeness (QED) is 0.805. The molecule has 8 nitrogen and oxygen atoms in total. The van der Waals surface area contributed by atoms with Gasteiger partial charge in [-0.2, -0.15) is 0 Å². The van der Waals surface area contributed by atoms with Crippen LogP contribution in [0.25, 0.3) is 0 Å². The van der Waals surface area contributed by atoms with Gasteiger partial charge >= 0.3 is 11.8 Å². The van der Waals surface area contributed by atoms with E-state index in [0.29, 0.717) is 43.4 Å². The molecular formula is C16H21N3O5. The van der Waals surface area contributed by atoms with E-state index in [1.165, 1.54) is 26.0 Å². The number of piperazine rings is 1. The van der Waals surface area contributed by atoms with Crippen molar-refractivity contribution < 1.29 is 23.9 Å². The summed E-state index contributed by atoms with van der Waals surface area (Å²) in [6.45, 7) is 3.05. The topological polar surface area (TPSA) is 88.2 Å². The molecule has 1 N–H and O–H groups in total. The van der Waals surface area contributed by atoms with E-state index in [0.717, 1.165) is 0 Å². The Bertz CT molecular complexity index is 639. The Balaban J connectivity index is 1.97.